The second-order valence-corrected chi connectivity index (χ2v) is 7.82. The van der Waals surface area contributed by atoms with Crippen LogP contribution in [0, 0.1) is 5.92 Å². The molecule has 29 heavy (non-hydrogen) atoms. The summed E-state index contributed by atoms with van der Waals surface area (Å²) in [6, 6.07) is 4.22. The molecule has 3 heterocycles. The lowest BCUT2D eigenvalue weighted by molar-refractivity contribution is -0.129. The highest BCUT2D eigenvalue weighted by Crippen LogP contribution is 2.40. The summed E-state index contributed by atoms with van der Waals surface area (Å²) in [5, 5.41) is 12.0. The zero-order chi connectivity index (χ0) is 19.8. The lowest BCUT2D eigenvalue weighted by Crippen LogP contribution is -2.48. The normalized spacial score (nSPS) is 25.6. The van der Waals surface area contributed by atoms with Crippen LogP contribution in [0.15, 0.2) is 48.4 Å². The zero-order valence-corrected chi connectivity index (χ0v) is 16.4. The monoisotopic (exact) mass is 392 g/mol. The van der Waals surface area contributed by atoms with Crippen LogP contribution in [0.3, 0.4) is 0 Å². The molecule has 1 aliphatic heterocycles. The highest BCUT2D eigenvalue weighted by atomic mass is 16.5. The van der Waals surface area contributed by atoms with E-state index in [1.54, 1.807) is 30.5 Å². The molecule has 2 aromatic rings. The fourth-order valence-corrected chi connectivity index (χ4v) is 4.76. The van der Waals surface area contributed by atoms with Crippen molar-refractivity contribution in [2.24, 2.45) is 5.92 Å². The number of piperidine rings is 1. The van der Waals surface area contributed by atoms with Gasteiger partial charge in [0.05, 0.1) is 37.4 Å². The number of likely N-dealkylation sites (tertiary alicyclic amines) is 1. The van der Waals surface area contributed by atoms with Crippen molar-refractivity contribution in [1.29, 1.82) is 0 Å². The molecule has 1 N–H and O–H groups in total. The Morgan fingerprint density at radius 3 is 2.83 bits per heavy atom. The Morgan fingerprint density at radius 2 is 2.10 bits per heavy atom. The van der Waals surface area contributed by atoms with Crippen molar-refractivity contribution in [3.8, 4) is 5.75 Å². The van der Waals surface area contributed by atoms with E-state index < -0.39 is 0 Å². The molecule has 2 aliphatic carbocycles. The Balaban J connectivity index is 1.36. The maximum atomic E-state index is 13.5. The van der Waals surface area contributed by atoms with Crippen LogP contribution in [-0.4, -0.2) is 56.5 Å². The number of pyridine rings is 1. The van der Waals surface area contributed by atoms with Crippen LogP contribution >= 0.6 is 0 Å². The second kappa shape index (κ2) is 7.35. The quantitative estimate of drug-likeness (QED) is 0.841. The summed E-state index contributed by atoms with van der Waals surface area (Å²) in [6.45, 7) is 0.824. The first-order valence-electron chi connectivity index (χ1n) is 10.1. The van der Waals surface area contributed by atoms with E-state index in [9.17, 15) is 4.79 Å². The molecule has 2 aromatic heterocycles. The minimum Gasteiger partial charge on any atom is -0.495 e. The Labute approximate surface area is 169 Å². The number of fused-ring (bicyclic) bond motifs is 2. The van der Waals surface area contributed by atoms with Crippen LogP contribution in [-0.2, 0) is 4.79 Å². The molecule has 2 bridgehead atoms. The Morgan fingerprint density at radius 1 is 1.24 bits per heavy atom. The first-order valence-corrected chi connectivity index (χ1v) is 10.1. The molecule has 8 nitrogen and oxygen atoms in total. The molecular formula is C21H24N6O2. The van der Waals surface area contributed by atoms with Gasteiger partial charge >= 0.3 is 0 Å². The highest BCUT2D eigenvalue weighted by molar-refractivity contribution is 6.00. The van der Waals surface area contributed by atoms with E-state index in [4.69, 9.17) is 4.74 Å². The molecule has 3 unspecified atom stereocenters. The number of allylic oxidation sites excluding steroid dienone is 3. The third kappa shape index (κ3) is 3.28. The first kappa shape index (κ1) is 17.9. The van der Waals surface area contributed by atoms with Gasteiger partial charge in [0, 0.05) is 18.2 Å². The number of anilines is 1. The second-order valence-electron chi connectivity index (χ2n) is 7.82. The summed E-state index contributed by atoms with van der Waals surface area (Å²) < 4.78 is 5.18. The smallest absolute Gasteiger partial charge is 0.252 e. The fourth-order valence-electron chi connectivity index (χ4n) is 4.76. The summed E-state index contributed by atoms with van der Waals surface area (Å²) in [7, 11) is 1.63. The Hall–Kier alpha value is -3.16. The molecule has 3 atom stereocenters. The van der Waals surface area contributed by atoms with E-state index in [1.807, 2.05) is 23.1 Å². The van der Waals surface area contributed by atoms with E-state index in [0.29, 0.717) is 5.92 Å². The first-order chi connectivity index (χ1) is 14.2. The molecule has 0 aromatic carbocycles. The van der Waals surface area contributed by atoms with E-state index in [2.05, 4.69) is 26.6 Å². The number of methoxy groups -OCH3 is 1. The standard InChI is InChI=1S/C21H24N6O2/c1-29-15-6-7-20(22-12-15)25-17-10-14-11-19(17)26(13-14)21(28)16-4-2-3-5-18(16)27-23-8-9-24-27/h3,5-9,12,14,17,19H,2,4,10-11,13H2,1H3,(H,22,25). The van der Waals surface area contributed by atoms with Crippen molar-refractivity contribution in [3.63, 3.8) is 0 Å². The van der Waals surface area contributed by atoms with Crippen molar-refractivity contribution < 1.29 is 9.53 Å². The van der Waals surface area contributed by atoms with Crippen LogP contribution in [0.1, 0.15) is 25.7 Å². The molecule has 8 heteroatoms. The van der Waals surface area contributed by atoms with Crippen molar-refractivity contribution in [2.45, 2.75) is 37.8 Å². The van der Waals surface area contributed by atoms with E-state index in [-0.39, 0.29) is 18.0 Å². The van der Waals surface area contributed by atoms with E-state index in [0.717, 1.165) is 55.1 Å². The van der Waals surface area contributed by atoms with Crippen LogP contribution in [0.5, 0.6) is 5.75 Å². The summed E-state index contributed by atoms with van der Waals surface area (Å²) in [4.78, 5) is 21.5. The molecule has 150 valence electrons. The van der Waals surface area contributed by atoms with Gasteiger partial charge in [0.1, 0.15) is 11.6 Å². The predicted molar refractivity (Wildman–Crippen MR) is 108 cm³/mol. The van der Waals surface area contributed by atoms with Gasteiger partial charge in [0.15, 0.2) is 0 Å². The summed E-state index contributed by atoms with van der Waals surface area (Å²) in [5.41, 5.74) is 1.59. The largest absolute Gasteiger partial charge is 0.495 e. The molecule has 1 saturated heterocycles. The van der Waals surface area contributed by atoms with Gasteiger partial charge in [0.25, 0.3) is 5.91 Å². The number of carbonyl (C=O) groups excluding carboxylic acids is 1. The number of rotatable bonds is 5. The van der Waals surface area contributed by atoms with Gasteiger partial charge in [-0.05, 0) is 49.8 Å². The predicted octanol–water partition coefficient (Wildman–Crippen LogP) is 2.34. The molecule has 5 rings (SSSR count). The Bertz CT molecular complexity index is 950. The average molecular weight is 392 g/mol. The SMILES string of the molecule is COc1ccc(NC2CC3CC2N(C(=O)C2=C(n4nccn4)C=CCC2)C3)nc1. The Kier molecular flexibility index (Phi) is 4.54. The number of nitrogens with one attached hydrogen (secondary N) is 1. The summed E-state index contributed by atoms with van der Waals surface area (Å²) in [6.07, 6.45) is 12.7. The number of aromatic nitrogens is 4. The molecule has 0 radical (unpaired) electrons. The lowest BCUT2D eigenvalue weighted by atomic mass is 9.98. The maximum Gasteiger partial charge on any atom is 0.252 e. The third-order valence-electron chi connectivity index (χ3n) is 6.09. The van der Waals surface area contributed by atoms with Gasteiger partial charge in [-0.25, -0.2) is 4.98 Å². The third-order valence-corrected chi connectivity index (χ3v) is 6.09. The van der Waals surface area contributed by atoms with Crippen molar-refractivity contribution in [3.05, 3.63) is 48.4 Å². The molecular weight excluding hydrogens is 368 g/mol. The number of hydrogen-bond donors (Lipinski definition) is 1. The molecule has 0 spiro atoms. The van der Waals surface area contributed by atoms with Gasteiger partial charge in [-0.2, -0.15) is 15.0 Å². The van der Waals surface area contributed by atoms with Gasteiger partial charge in [0.2, 0.25) is 0 Å². The molecule has 3 aliphatic rings. The number of ether oxygens (including phenoxy) is 1. The van der Waals surface area contributed by atoms with E-state index in [1.165, 1.54) is 0 Å². The molecule has 1 saturated carbocycles. The number of hydrogen-bond acceptors (Lipinski definition) is 6. The maximum absolute atomic E-state index is 13.5. The van der Waals surface area contributed by atoms with Crippen molar-refractivity contribution in [1.82, 2.24) is 24.9 Å². The van der Waals surface area contributed by atoms with Crippen molar-refractivity contribution >= 4 is 17.4 Å². The fraction of sp³-hybridized carbons (Fsp3) is 0.429. The average Bonchev–Trinajstić information content (AvgIpc) is 3.51. The van der Waals surface area contributed by atoms with Crippen molar-refractivity contribution in [2.75, 3.05) is 19.0 Å². The summed E-state index contributed by atoms with van der Waals surface area (Å²) in [5.74, 6) is 2.20. The van der Waals surface area contributed by atoms with Crippen LogP contribution < -0.4 is 10.1 Å². The van der Waals surface area contributed by atoms with Gasteiger partial charge in [-0.15, -0.1) is 0 Å². The number of amides is 1. The number of carbonyl (C=O) groups is 1. The minimum atomic E-state index is 0.114. The van der Waals surface area contributed by atoms with Gasteiger partial charge < -0.3 is 15.0 Å². The number of nitrogens with zero attached hydrogens (tertiary/aromatic N) is 5. The summed E-state index contributed by atoms with van der Waals surface area (Å²) >= 11 is 0. The van der Waals surface area contributed by atoms with Gasteiger partial charge in [-0.3, -0.25) is 4.79 Å². The van der Waals surface area contributed by atoms with Crippen LogP contribution in [0.25, 0.3) is 5.70 Å². The lowest BCUT2D eigenvalue weighted by Gasteiger charge is -2.35. The topological polar surface area (TPSA) is 85.2 Å². The molecule has 2 fully saturated rings. The van der Waals surface area contributed by atoms with Crippen LogP contribution in [0.4, 0.5) is 5.82 Å². The minimum absolute atomic E-state index is 0.114. The highest BCUT2D eigenvalue weighted by Gasteiger charge is 2.47. The molecule has 1 amide bonds. The van der Waals surface area contributed by atoms with Gasteiger partial charge in [-0.1, -0.05) is 6.08 Å². The van der Waals surface area contributed by atoms with Crippen LogP contribution in [0.2, 0.25) is 0 Å². The zero-order valence-electron chi connectivity index (χ0n) is 16.4. The van der Waals surface area contributed by atoms with E-state index >= 15 is 0 Å².